The van der Waals surface area contributed by atoms with Crippen LogP contribution in [0, 0.1) is 11.6 Å². The SMILES string of the molecule is CCC(C)N(C(=O)c1cc(F)c(F)cc1Cl)C(C)CC. The van der Waals surface area contributed by atoms with Gasteiger partial charge in [-0.2, -0.15) is 0 Å². The highest BCUT2D eigenvalue weighted by atomic mass is 35.5. The highest BCUT2D eigenvalue weighted by Crippen LogP contribution is 2.24. The first kappa shape index (κ1) is 16.9. The number of benzene rings is 1. The van der Waals surface area contributed by atoms with Crippen molar-refractivity contribution in [2.75, 3.05) is 0 Å². The molecule has 0 N–H and O–H groups in total. The molecule has 0 aliphatic carbocycles. The smallest absolute Gasteiger partial charge is 0.255 e. The van der Waals surface area contributed by atoms with E-state index in [-0.39, 0.29) is 28.6 Å². The Balaban J connectivity index is 3.22. The minimum Gasteiger partial charge on any atom is -0.333 e. The molecule has 0 aliphatic heterocycles. The van der Waals surface area contributed by atoms with Gasteiger partial charge in [0.2, 0.25) is 0 Å². The van der Waals surface area contributed by atoms with Crippen LogP contribution in [0.5, 0.6) is 0 Å². The molecule has 0 spiro atoms. The summed E-state index contributed by atoms with van der Waals surface area (Å²) in [6, 6.07) is 1.72. The quantitative estimate of drug-likeness (QED) is 0.725. The summed E-state index contributed by atoms with van der Waals surface area (Å²) in [7, 11) is 0. The molecule has 0 saturated heterocycles. The Morgan fingerprint density at radius 3 is 2.05 bits per heavy atom. The summed E-state index contributed by atoms with van der Waals surface area (Å²) in [6.45, 7) is 7.80. The maximum absolute atomic E-state index is 13.3. The summed E-state index contributed by atoms with van der Waals surface area (Å²) >= 11 is 5.88. The van der Waals surface area contributed by atoms with Crippen molar-refractivity contribution in [2.45, 2.75) is 52.6 Å². The molecule has 1 amide bonds. The number of nitrogens with zero attached hydrogens (tertiary/aromatic N) is 1. The van der Waals surface area contributed by atoms with Crippen molar-refractivity contribution in [1.29, 1.82) is 0 Å². The average Bonchev–Trinajstić information content (AvgIpc) is 2.42. The molecule has 1 aromatic carbocycles. The normalized spacial score (nSPS) is 13.9. The molecular weight excluding hydrogens is 284 g/mol. The van der Waals surface area contributed by atoms with Crippen LogP contribution in [0.3, 0.4) is 0 Å². The Morgan fingerprint density at radius 1 is 1.15 bits per heavy atom. The van der Waals surface area contributed by atoms with Gasteiger partial charge in [0.1, 0.15) is 0 Å². The van der Waals surface area contributed by atoms with E-state index in [1.54, 1.807) is 4.90 Å². The van der Waals surface area contributed by atoms with Crippen LogP contribution in [0.15, 0.2) is 12.1 Å². The number of hydrogen-bond donors (Lipinski definition) is 0. The molecule has 0 heterocycles. The summed E-state index contributed by atoms with van der Waals surface area (Å²) in [5, 5.41) is -0.0643. The van der Waals surface area contributed by atoms with Crippen LogP contribution in [0.4, 0.5) is 8.78 Å². The van der Waals surface area contributed by atoms with Gasteiger partial charge in [0, 0.05) is 12.1 Å². The Kier molecular flexibility index (Phi) is 5.93. The van der Waals surface area contributed by atoms with Gasteiger partial charge in [0.15, 0.2) is 11.6 Å². The van der Waals surface area contributed by atoms with Crippen molar-refractivity contribution in [3.05, 3.63) is 34.4 Å². The Bertz CT molecular complexity index is 483. The Labute approximate surface area is 123 Å². The van der Waals surface area contributed by atoms with E-state index in [0.717, 1.165) is 25.0 Å². The second-order valence-corrected chi connectivity index (χ2v) is 5.38. The molecule has 1 rings (SSSR count). The number of rotatable bonds is 5. The van der Waals surface area contributed by atoms with Gasteiger partial charge in [-0.1, -0.05) is 25.4 Å². The molecular formula is C15H20ClF2NO. The second kappa shape index (κ2) is 7.02. The lowest BCUT2D eigenvalue weighted by atomic mass is 10.1. The van der Waals surface area contributed by atoms with E-state index in [0.29, 0.717) is 0 Å². The topological polar surface area (TPSA) is 20.3 Å². The van der Waals surface area contributed by atoms with Crippen molar-refractivity contribution in [2.24, 2.45) is 0 Å². The zero-order chi connectivity index (χ0) is 15.4. The van der Waals surface area contributed by atoms with Crippen molar-refractivity contribution >= 4 is 17.5 Å². The van der Waals surface area contributed by atoms with E-state index in [9.17, 15) is 13.6 Å². The summed E-state index contributed by atoms with van der Waals surface area (Å²) in [5.74, 6) is -2.48. The molecule has 2 atom stereocenters. The van der Waals surface area contributed by atoms with Crippen LogP contribution in [-0.4, -0.2) is 22.9 Å². The minimum atomic E-state index is -1.06. The lowest BCUT2D eigenvalue weighted by Crippen LogP contribution is -2.44. The van der Waals surface area contributed by atoms with Crippen molar-refractivity contribution in [3.8, 4) is 0 Å². The molecule has 0 aliphatic rings. The van der Waals surface area contributed by atoms with Crippen molar-refractivity contribution in [1.82, 2.24) is 4.90 Å². The molecule has 20 heavy (non-hydrogen) atoms. The third-order valence-corrected chi connectivity index (χ3v) is 3.92. The fourth-order valence-corrected chi connectivity index (χ4v) is 2.28. The van der Waals surface area contributed by atoms with Crippen LogP contribution in [0.1, 0.15) is 50.9 Å². The van der Waals surface area contributed by atoms with E-state index in [1.165, 1.54) is 0 Å². The zero-order valence-electron chi connectivity index (χ0n) is 12.2. The summed E-state index contributed by atoms with van der Waals surface area (Å²) in [6.07, 6.45) is 1.55. The highest BCUT2D eigenvalue weighted by Gasteiger charge is 2.27. The molecule has 112 valence electrons. The van der Waals surface area contributed by atoms with E-state index >= 15 is 0 Å². The van der Waals surface area contributed by atoms with Gasteiger partial charge in [0.25, 0.3) is 5.91 Å². The third kappa shape index (κ3) is 3.48. The van der Waals surface area contributed by atoms with E-state index in [2.05, 4.69) is 0 Å². The van der Waals surface area contributed by atoms with Gasteiger partial charge in [-0.25, -0.2) is 8.78 Å². The lowest BCUT2D eigenvalue weighted by molar-refractivity contribution is 0.0598. The number of halogens is 3. The number of hydrogen-bond acceptors (Lipinski definition) is 1. The molecule has 0 bridgehead atoms. The van der Waals surface area contributed by atoms with Gasteiger partial charge in [-0.05, 0) is 38.8 Å². The first-order valence-corrected chi connectivity index (χ1v) is 7.18. The van der Waals surface area contributed by atoms with Crippen molar-refractivity contribution in [3.63, 3.8) is 0 Å². The number of carbonyl (C=O) groups is 1. The molecule has 0 aromatic heterocycles. The van der Waals surface area contributed by atoms with E-state index in [1.807, 2.05) is 27.7 Å². The van der Waals surface area contributed by atoms with Gasteiger partial charge < -0.3 is 4.90 Å². The second-order valence-electron chi connectivity index (χ2n) is 4.97. The molecule has 2 nitrogen and oxygen atoms in total. The van der Waals surface area contributed by atoms with Gasteiger partial charge in [-0.3, -0.25) is 4.79 Å². The number of carbonyl (C=O) groups excluding carboxylic acids is 1. The number of amides is 1. The largest absolute Gasteiger partial charge is 0.333 e. The van der Waals surface area contributed by atoms with Gasteiger partial charge >= 0.3 is 0 Å². The van der Waals surface area contributed by atoms with E-state index in [4.69, 9.17) is 11.6 Å². The van der Waals surface area contributed by atoms with Crippen LogP contribution in [-0.2, 0) is 0 Å². The predicted octanol–water partition coefficient (Wildman–Crippen LogP) is 4.66. The van der Waals surface area contributed by atoms with Gasteiger partial charge in [0.05, 0.1) is 10.6 Å². The minimum absolute atomic E-state index is 0.00151. The zero-order valence-corrected chi connectivity index (χ0v) is 13.0. The van der Waals surface area contributed by atoms with Crippen molar-refractivity contribution < 1.29 is 13.6 Å². The first-order valence-electron chi connectivity index (χ1n) is 6.80. The molecule has 0 saturated carbocycles. The molecule has 1 aromatic rings. The Hall–Kier alpha value is -1.16. The highest BCUT2D eigenvalue weighted by molar-refractivity contribution is 6.33. The van der Waals surface area contributed by atoms with Crippen LogP contribution in [0.25, 0.3) is 0 Å². The average molecular weight is 304 g/mol. The maximum Gasteiger partial charge on any atom is 0.255 e. The van der Waals surface area contributed by atoms with Crippen LogP contribution >= 0.6 is 11.6 Å². The predicted molar refractivity (Wildman–Crippen MR) is 77.0 cm³/mol. The van der Waals surface area contributed by atoms with Crippen LogP contribution < -0.4 is 0 Å². The van der Waals surface area contributed by atoms with E-state index < -0.39 is 11.6 Å². The first-order chi connectivity index (χ1) is 9.33. The fourth-order valence-electron chi connectivity index (χ4n) is 2.05. The monoisotopic (exact) mass is 303 g/mol. The molecule has 0 fully saturated rings. The fraction of sp³-hybridized carbons (Fsp3) is 0.533. The molecule has 2 unspecified atom stereocenters. The maximum atomic E-state index is 13.3. The standard InChI is InChI=1S/C15H20ClF2NO/c1-5-9(3)19(10(4)6-2)15(20)11-7-13(17)14(18)8-12(11)16/h7-10H,5-6H2,1-4H3. The van der Waals surface area contributed by atoms with Gasteiger partial charge in [-0.15, -0.1) is 0 Å². The van der Waals surface area contributed by atoms with Crippen LogP contribution in [0.2, 0.25) is 5.02 Å². The molecule has 5 heteroatoms. The Morgan fingerprint density at radius 2 is 1.60 bits per heavy atom. The third-order valence-electron chi connectivity index (χ3n) is 3.61. The molecule has 0 radical (unpaired) electrons. The summed E-state index contributed by atoms with van der Waals surface area (Å²) in [4.78, 5) is 14.3. The summed E-state index contributed by atoms with van der Waals surface area (Å²) in [5.41, 5.74) is 0.00571. The lowest BCUT2D eigenvalue weighted by Gasteiger charge is -2.34. The summed E-state index contributed by atoms with van der Waals surface area (Å²) < 4.78 is 26.4.